The largest absolute Gasteiger partial charge is 0.492 e. The summed E-state index contributed by atoms with van der Waals surface area (Å²) in [6, 6.07) is 3.12. The summed E-state index contributed by atoms with van der Waals surface area (Å²) in [4.78, 5) is 12.6. The van der Waals surface area contributed by atoms with E-state index in [9.17, 15) is 22.4 Å². The van der Waals surface area contributed by atoms with Crippen molar-refractivity contribution in [1.82, 2.24) is 0 Å². The first-order chi connectivity index (χ1) is 14.8. The molecule has 5 nitrogen and oxygen atoms in total. The van der Waals surface area contributed by atoms with Gasteiger partial charge in [-0.3, -0.25) is 5.32 Å². The first-order valence-electron chi connectivity index (χ1n) is 9.77. The summed E-state index contributed by atoms with van der Waals surface area (Å²) in [6.07, 6.45) is -6.19. The Morgan fingerprint density at radius 1 is 1.28 bits per heavy atom. The Balaban J connectivity index is 2.36. The fraction of sp³-hybridized carbons (Fsp3) is 0.550. The van der Waals surface area contributed by atoms with Crippen LogP contribution in [0.2, 0.25) is 0 Å². The van der Waals surface area contributed by atoms with E-state index in [-0.39, 0.29) is 18.8 Å². The number of carbonyl (C=O) groups excluding carboxylic acids is 1. The molecule has 1 N–H and O–H groups in total. The van der Waals surface area contributed by atoms with Crippen LogP contribution in [0, 0.1) is 0 Å². The zero-order valence-electron chi connectivity index (χ0n) is 18.0. The quantitative estimate of drug-likeness (QED) is 0.190. The van der Waals surface area contributed by atoms with Crippen LogP contribution in [-0.4, -0.2) is 31.1 Å². The number of rotatable bonds is 9. The standard InChI is InChI=1S/C20H25BrF4NO4PS/c1-5-29-31-17(22)16-14(21)12-9-11(26-18(27)30-19(2,3)4)10-13(15(12)32-16)28-8-6-7-20(23,24)25/h9-10,17,31H,5-8H2,1-4H3,(H,26,27). The van der Waals surface area contributed by atoms with Crippen LogP contribution in [-0.2, 0) is 9.26 Å². The number of hydrogen-bond donors (Lipinski definition) is 1. The molecule has 0 fully saturated rings. The van der Waals surface area contributed by atoms with Crippen molar-refractivity contribution in [3.63, 3.8) is 0 Å². The number of benzene rings is 1. The molecule has 0 spiro atoms. The number of nitrogens with one attached hydrogen (secondary N) is 1. The number of anilines is 1. The number of ether oxygens (including phenoxy) is 2. The number of halogens is 5. The first kappa shape index (κ1) is 27.1. The van der Waals surface area contributed by atoms with Crippen LogP contribution in [0.1, 0.15) is 51.3 Å². The van der Waals surface area contributed by atoms with Gasteiger partial charge in [0.1, 0.15) is 11.4 Å². The summed E-state index contributed by atoms with van der Waals surface area (Å²) in [7, 11) is -0.399. The maximum absolute atomic E-state index is 14.7. The molecule has 2 rings (SSSR count). The number of alkyl halides is 4. The average Bonchev–Trinajstić information content (AvgIpc) is 2.98. The first-order valence-corrected chi connectivity index (χ1v) is 12.4. The van der Waals surface area contributed by atoms with Crippen LogP contribution in [0.15, 0.2) is 16.6 Å². The molecule has 1 aromatic carbocycles. The molecule has 2 aromatic rings. The highest BCUT2D eigenvalue weighted by Crippen LogP contribution is 2.50. The second-order valence-electron chi connectivity index (χ2n) is 7.74. The molecular formula is C20H25BrF4NO4PS. The summed E-state index contributed by atoms with van der Waals surface area (Å²) in [5.74, 6) is -1.12. The summed E-state index contributed by atoms with van der Waals surface area (Å²) >= 11 is 4.53. The molecule has 0 aliphatic rings. The summed E-state index contributed by atoms with van der Waals surface area (Å²) in [5.41, 5.74) is -0.409. The predicted octanol–water partition coefficient (Wildman–Crippen LogP) is 8.33. The molecule has 1 amide bonds. The van der Waals surface area contributed by atoms with Crippen molar-refractivity contribution < 1.29 is 36.4 Å². The minimum atomic E-state index is -4.28. The lowest BCUT2D eigenvalue weighted by Gasteiger charge is -2.20. The van der Waals surface area contributed by atoms with Gasteiger partial charge < -0.3 is 14.0 Å². The van der Waals surface area contributed by atoms with E-state index in [1.807, 2.05) is 0 Å². The molecule has 32 heavy (non-hydrogen) atoms. The van der Waals surface area contributed by atoms with Gasteiger partial charge in [0.2, 0.25) is 0 Å². The molecule has 1 heterocycles. The lowest BCUT2D eigenvalue weighted by molar-refractivity contribution is -0.136. The maximum Gasteiger partial charge on any atom is 0.412 e. The van der Waals surface area contributed by atoms with E-state index in [1.165, 1.54) is 6.07 Å². The van der Waals surface area contributed by atoms with Gasteiger partial charge in [-0.05, 0) is 56.1 Å². The van der Waals surface area contributed by atoms with Gasteiger partial charge in [-0.2, -0.15) is 13.2 Å². The number of carbonyl (C=O) groups is 1. The Morgan fingerprint density at radius 2 is 1.97 bits per heavy atom. The summed E-state index contributed by atoms with van der Waals surface area (Å²) in [6.45, 7) is 7.10. The lowest BCUT2D eigenvalue weighted by Crippen LogP contribution is -2.27. The minimum absolute atomic E-state index is 0.185. The highest BCUT2D eigenvalue weighted by Gasteiger charge is 2.27. The zero-order chi connectivity index (χ0) is 24.1. The van der Waals surface area contributed by atoms with E-state index >= 15 is 0 Å². The number of thiophene rings is 1. The minimum Gasteiger partial charge on any atom is -0.492 e. The third-order valence-electron chi connectivity index (χ3n) is 3.79. The van der Waals surface area contributed by atoms with Gasteiger partial charge in [-0.15, -0.1) is 11.3 Å². The Bertz CT molecular complexity index is 933. The second kappa shape index (κ2) is 11.3. The fourth-order valence-corrected chi connectivity index (χ4v) is 5.58. The van der Waals surface area contributed by atoms with E-state index in [0.29, 0.717) is 31.7 Å². The Kier molecular flexibility index (Phi) is 9.58. The van der Waals surface area contributed by atoms with Crippen LogP contribution < -0.4 is 10.1 Å². The molecule has 0 bridgehead atoms. The third-order valence-corrected chi connectivity index (χ3v) is 7.32. The molecule has 12 heteroatoms. The monoisotopic (exact) mass is 561 g/mol. The smallest absolute Gasteiger partial charge is 0.412 e. The van der Waals surface area contributed by atoms with Crippen LogP contribution in [0.5, 0.6) is 5.75 Å². The van der Waals surface area contributed by atoms with Crippen molar-refractivity contribution in [2.24, 2.45) is 0 Å². The SMILES string of the molecule is CCOPC(F)c1sc2c(OCCCC(F)(F)F)cc(NC(=O)OC(C)(C)C)cc2c1Br. The van der Waals surface area contributed by atoms with E-state index in [2.05, 4.69) is 21.2 Å². The van der Waals surface area contributed by atoms with Crippen molar-refractivity contribution in [3.05, 3.63) is 21.5 Å². The summed E-state index contributed by atoms with van der Waals surface area (Å²) in [5, 5.41) is 3.15. The van der Waals surface area contributed by atoms with Gasteiger partial charge in [-0.25, -0.2) is 9.18 Å². The molecule has 0 saturated carbocycles. The van der Waals surface area contributed by atoms with Gasteiger partial charge in [0.05, 0.1) is 25.0 Å². The number of fused-ring (bicyclic) bond motifs is 1. The molecule has 1 aromatic heterocycles. The molecule has 2 unspecified atom stereocenters. The molecule has 2 atom stereocenters. The second-order valence-corrected chi connectivity index (χ2v) is 10.6. The van der Waals surface area contributed by atoms with Crippen molar-refractivity contribution in [2.45, 2.75) is 58.2 Å². The highest BCUT2D eigenvalue weighted by atomic mass is 79.9. The maximum atomic E-state index is 14.7. The predicted molar refractivity (Wildman–Crippen MR) is 124 cm³/mol. The van der Waals surface area contributed by atoms with Gasteiger partial charge in [0.25, 0.3) is 0 Å². The summed E-state index contributed by atoms with van der Waals surface area (Å²) < 4.78 is 69.1. The van der Waals surface area contributed by atoms with Crippen LogP contribution in [0.4, 0.5) is 28.0 Å². The lowest BCUT2D eigenvalue weighted by atomic mass is 10.2. The van der Waals surface area contributed by atoms with E-state index in [1.54, 1.807) is 33.8 Å². The Morgan fingerprint density at radius 3 is 2.56 bits per heavy atom. The third kappa shape index (κ3) is 8.32. The van der Waals surface area contributed by atoms with E-state index in [4.69, 9.17) is 14.0 Å². The van der Waals surface area contributed by atoms with E-state index < -0.39 is 39.0 Å². The molecule has 0 aliphatic carbocycles. The van der Waals surface area contributed by atoms with Crippen LogP contribution in [0.25, 0.3) is 10.1 Å². The van der Waals surface area contributed by atoms with Crippen molar-refractivity contribution in [2.75, 3.05) is 18.5 Å². The Labute approximate surface area is 198 Å². The van der Waals surface area contributed by atoms with Crippen molar-refractivity contribution >= 4 is 57.9 Å². The van der Waals surface area contributed by atoms with E-state index in [0.717, 1.165) is 11.3 Å². The highest BCUT2D eigenvalue weighted by molar-refractivity contribution is 9.10. The number of amides is 1. The zero-order valence-corrected chi connectivity index (χ0v) is 21.4. The van der Waals surface area contributed by atoms with Gasteiger partial charge in [0.15, 0.2) is 5.91 Å². The van der Waals surface area contributed by atoms with Crippen LogP contribution >= 0.6 is 36.1 Å². The molecular weight excluding hydrogens is 537 g/mol. The molecule has 0 saturated heterocycles. The normalized spacial score (nSPS) is 13.7. The topological polar surface area (TPSA) is 56.8 Å². The molecule has 0 aliphatic heterocycles. The van der Waals surface area contributed by atoms with Gasteiger partial charge in [0, 0.05) is 34.6 Å². The Hall–Kier alpha value is -1.16. The van der Waals surface area contributed by atoms with Crippen molar-refractivity contribution in [1.29, 1.82) is 0 Å². The number of hydrogen-bond acceptors (Lipinski definition) is 5. The molecule has 180 valence electrons. The fourth-order valence-electron chi connectivity index (χ4n) is 2.59. The van der Waals surface area contributed by atoms with Gasteiger partial charge in [-0.1, -0.05) is 0 Å². The van der Waals surface area contributed by atoms with Crippen LogP contribution in [0.3, 0.4) is 0 Å². The average molecular weight is 562 g/mol. The molecule has 0 radical (unpaired) electrons. The van der Waals surface area contributed by atoms with Crippen molar-refractivity contribution in [3.8, 4) is 5.75 Å². The van der Waals surface area contributed by atoms with Gasteiger partial charge >= 0.3 is 12.3 Å².